The predicted molar refractivity (Wildman–Crippen MR) is 90.0 cm³/mol. The van der Waals surface area contributed by atoms with Gasteiger partial charge in [-0.05, 0) is 38.7 Å². The Morgan fingerprint density at radius 3 is 2.70 bits per heavy atom. The summed E-state index contributed by atoms with van der Waals surface area (Å²) < 4.78 is 5.07. The summed E-state index contributed by atoms with van der Waals surface area (Å²) in [6, 6.07) is 3.27. The third kappa shape index (κ3) is 3.79. The van der Waals surface area contributed by atoms with Crippen LogP contribution >= 0.6 is 11.3 Å². The lowest BCUT2D eigenvalue weighted by atomic mass is 10.2. The first-order valence-electron chi connectivity index (χ1n) is 7.58. The highest BCUT2D eigenvalue weighted by Gasteiger charge is 2.35. The smallest absolute Gasteiger partial charge is 0.319 e. The summed E-state index contributed by atoms with van der Waals surface area (Å²) in [5, 5.41) is 8.90. The Balaban J connectivity index is 1.68. The normalized spacial score (nSPS) is 15.1. The molecule has 2 aromatic rings. The second-order valence-corrected chi connectivity index (χ2v) is 6.62. The van der Waals surface area contributed by atoms with Crippen LogP contribution in [0.15, 0.2) is 17.5 Å². The van der Waals surface area contributed by atoms with Gasteiger partial charge >= 0.3 is 6.03 Å². The Morgan fingerprint density at radius 1 is 1.35 bits per heavy atom. The van der Waals surface area contributed by atoms with Gasteiger partial charge in [0.1, 0.15) is 5.01 Å². The van der Waals surface area contributed by atoms with Crippen LogP contribution in [0.5, 0.6) is 5.88 Å². The number of rotatable bonds is 5. The van der Waals surface area contributed by atoms with Crippen molar-refractivity contribution in [3.8, 4) is 5.88 Å². The predicted octanol–water partition coefficient (Wildman–Crippen LogP) is 3.44. The summed E-state index contributed by atoms with van der Waals surface area (Å²) in [5.74, 6) is 1.02. The molecule has 3 rings (SSSR count). The minimum atomic E-state index is -0.232. The van der Waals surface area contributed by atoms with E-state index < -0.39 is 0 Å². The molecular formula is C16H20N4O2S. The highest BCUT2D eigenvalue weighted by atomic mass is 32.1. The van der Waals surface area contributed by atoms with Gasteiger partial charge in [-0.15, -0.1) is 11.3 Å². The maximum atomic E-state index is 12.3. The Hall–Kier alpha value is -2.15. The van der Waals surface area contributed by atoms with E-state index in [1.165, 1.54) is 0 Å². The third-order valence-electron chi connectivity index (χ3n) is 3.80. The van der Waals surface area contributed by atoms with Crippen LogP contribution in [0.25, 0.3) is 0 Å². The van der Waals surface area contributed by atoms with Crippen LogP contribution in [0.2, 0.25) is 0 Å². The van der Waals surface area contributed by atoms with Crippen LogP contribution in [0.3, 0.4) is 0 Å². The highest BCUT2D eigenvalue weighted by Crippen LogP contribution is 2.41. The van der Waals surface area contributed by atoms with Crippen LogP contribution < -0.4 is 15.4 Å². The Kier molecular flexibility index (Phi) is 4.47. The molecule has 0 aliphatic heterocycles. The number of thiazole rings is 1. The van der Waals surface area contributed by atoms with Crippen molar-refractivity contribution >= 4 is 23.1 Å². The van der Waals surface area contributed by atoms with E-state index in [1.807, 2.05) is 19.2 Å². The zero-order valence-corrected chi connectivity index (χ0v) is 14.2. The fourth-order valence-corrected chi connectivity index (χ4v) is 3.35. The van der Waals surface area contributed by atoms with Crippen LogP contribution in [0.1, 0.15) is 35.3 Å². The summed E-state index contributed by atoms with van der Waals surface area (Å²) in [7, 11) is 1.57. The van der Waals surface area contributed by atoms with Gasteiger partial charge in [-0.3, -0.25) is 0 Å². The van der Waals surface area contributed by atoms with Crippen LogP contribution in [-0.4, -0.2) is 23.1 Å². The van der Waals surface area contributed by atoms with Gasteiger partial charge in [0.2, 0.25) is 5.88 Å². The standard InChI is InChI=1S/C16H20N4O2S/c1-9-8-23-15(17-9)14(11-4-5-11)20-16(21)19-12-6-7-13(22-3)18-10(12)2/h6-8,11,14H,4-5H2,1-3H3,(H2,19,20,21). The molecule has 0 spiro atoms. The minimum Gasteiger partial charge on any atom is -0.481 e. The summed E-state index contributed by atoms with van der Waals surface area (Å²) in [6.45, 7) is 3.80. The number of hydrogen-bond acceptors (Lipinski definition) is 5. The summed E-state index contributed by atoms with van der Waals surface area (Å²) >= 11 is 1.60. The molecule has 1 saturated carbocycles. The number of aryl methyl sites for hydroxylation is 2. The number of nitrogens with zero attached hydrogens (tertiary/aromatic N) is 2. The molecule has 7 heteroatoms. The Labute approximate surface area is 139 Å². The third-order valence-corrected chi connectivity index (χ3v) is 4.85. The molecular weight excluding hydrogens is 312 g/mol. The summed E-state index contributed by atoms with van der Waals surface area (Å²) in [5.41, 5.74) is 2.38. The zero-order chi connectivity index (χ0) is 16.4. The van der Waals surface area contributed by atoms with Crippen LogP contribution in [0.4, 0.5) is 10.5 Å². The molecule has 1 unspecified atom stereocenters. The molecule has 0 saturated heterocycles. The van der Waals surface area contributed by atoms with Crippen molar-refractivity contribution in [3.05, 3.63) is 33.9 Å². The van der Waals surface area contributed by atoms with Gasteiger partial charge in [0.15, 0.2) is 0 Å². The number of urea groups is 1. The zero-order valence-electron chi connectivity index (χ0n) is 13.4. The molecule has 0 radical (unpaired) electrons. The van der Waals surface area contributed by atoms with Gasteiger partial charge < -0.3 is 15.4 Å². The molecule has 2 amide bonds. The number of carbonyl (C=O) groups is 1. The number of methoxy groups -OCH3 is 1. The highest BCUT2D eigenvalue weighted by molar-refractivity contribution is 7.09. The lowest BCUT2D eigenvalue weighted by Crippen LogP contribution is -2.34. The van der Waals surface area contributed by atoms with Crippen molar-refractivity contribution in [2.75, 3.05) is 12.4 Å². The number of ether oxygens (including phenoxy) is 1. The lowest BCUT2D eigenvalue weighted by molar-refractivity contribution is 0.247. The molecule has 1 fully saturated rings. The van der Waals surface area contributed by atoms with Gasteiger partial charge in [0, 0.05) is 17.1 Å². The van der Waals surface area contributed by atoms with E-state index in [0.29, 0.717) is 23.2 Å². The molecule has 6 nitrogen and oxygen atoms in total. The van der Waals surface area contributed by atoms with Crippen molar-refractivity contribution in [2.45, 2.75) is 32.7 Å². The number of nitrogens with one attached hydrogen (secondary N) is 2. The average molecular weight is 332 g/mol. The van der Waals surface area contributed by atoms with Gasteiger partial charge in [0.05, 0.1) is 24.5 Å². The van der Waals surface area contributed by atoms with E-state index in [9.17, 15) is 4.79 Å². The Bertz CT molecular complexity index is 712. The molecule has 1 aliphatic carbocycles. The van der Waals surface area contributed by atoms with Crippen molar-refractivity contribution in [1.82, 2.24) is 15.3 Å². The molecule has 2 aromatic heterocycles. The van der Waals surface area contributed by atoms with E-state index >= 15 is 0 Å². The maximum absolute atomic E-state index is 12.3. The van der Waals surface area contributed by atoms with E-state index in [1.54, 1.807) is 30.6 Å². The van der Waals surface area contributed by atoms with Crippen molar-refractivity contribution < 1.29 is 9.53 Å². The minimum absolute atomic E-state index is 0.0137. The SMILES string of the molecule is COc1ccc(NC(=O)NC(c2nc(C)cs2)C2CC2)c(C)n1. The molecule has 122 valence electrons. The first kappa shape index (κ1) is 15.7. The largest absolute Gasteiger partial charge is 0.481 e. The number of carbonyl (C=O) groups excluding carboxylic acids is 1. The molecule has 1 atom stereocenters. The average Bonchev–Trinajstić information content (AvgIpc) is 3.28. The number of hydrogen-bond donors (Lipinski definition) is 2. The summed E-state index contributed by atoms with van der Waals surface area (Å²) in [4.78, 5) is 21.1. The van der Waals surface area contributed by atoms with Gasteiger partial charge in [-0.2, -0.15) is 0 Å². The first-order valence-corrected chi connectivity index (χ1v) is 8.46. The van der Waals surface area contributed by atoms with Crippen LogP contribution in [0, 0.1) is 19.8 Å². The van der Waals surface area contributed by atoms with Crippen LogP contribution in [-0.2, 0) is 0 Å². The fraction of sp³-hybridized carbons (Fsp3) is 0.438. The van der Waals surface area contributed by atoms with Crippen molar-refractivity contribution in [3.63, 3.8) is 0 Å². The van der Waals surface area contributed by atoms with E-state index in [-0.39, 0.29) is 12.1 Å². The van der Waals surface area contributed by atoms with Gasteiger partial charge in [0.25, 0.3) is 0 Å². The maximum Gasteiger partial charge on any atom is 0.319 e. The topological polar surface area (TPSA) is 76.1 Å². The molecule has 23 heavy (non-hydrogen) atoms. The molecule has 2 heterocycles. The fourth-order valence-electron chi connectivity index (χ4n) is 2.41. The molecule has 0 bridgehead atoms. The van der Waals surface area contributed by atoms with Crippen molar-refractivity contribution in [1.29, 1.82) is 0 Å². The van der Waals surface area contributed by atoms with E-state index in [4.69, 9.17) is 4.74 Å². The number of pyridine rings is 1. The number of amides is 2. The number of aromatic nitrogens is 2. The second kappa shape index (κ2) is 6.54. The van der Waals surface area contributed by atoms with Gasteiger partial charge in [-0.25, -0.2) is 14.8 Å². The van der Waals surface area contributed by atoms with Crippen molar-refractivity contribution in [2.24, 2.45) is 5.92 Å². The number of anilines is 1. The Morgan fingerprint density at radius 2 is 2.13 bits per heavy atom. The molecule has 2 N–H and O–H groups in total. The quantitative estimate of drug-likeness (QED) is 0.879. The summed E-state index contributed by atoms with van der Waals surface area (Å²) in [6.07, 6.45) is 2.26. The first-order chi connectivity index (χ1) is 11.1. The van der Waals surface area contributed by atoms with Gasteiger partial charge in [-0.1, -0.05) is 0 Å². The monoisotopic (exact) mass is 332 g/mol. The molecule has 0 aromatic carbocycles. The van der Waals surface area contributed by atoms with E-state index in [0.717, 1.165) is 23.5 Å². The van der Waals surface area contributed by atoms with E-state index in [2.05, 4.69) is 20.6 Å². The second-order valence-electron chi connectivity index (χ2n) is 5.73. The lowest BCUT2D eigenvalue weighted by Gasteiger charge is -2.17. The molecule has 1 aliphatic rings.